The van der Waals surface area contributed by atoms with Gasteiger partial charge in [-0.15, -0.1) is 0 Å². The Bertz CT molecular complexity index is 1440. The summed E-state index contributed by atoms with van der Waals surface area (Å²) in [6.45, 7) is 9.53. The fourth-order valence-electron chi connectivity index (χ4n) is 3.15. The van der Waals surface area contributed by atoms with Crippen LogP contribution in [-0.4, -0.2) is 0 Å². The number of hydrogen-bond acceptors (Lipinski definition) is 4. The van der Waals surface area contributed by atoms with Crippen LogP contribution in [0.4, 0.5) is 0 Å². The van der Waals surface area contributed by atoms with Crippen LogP contribution in [0.1, 0.15) is 27.8 Å². The minimum atomic E-state index is 0. The molecule has 10 heteroatoms. The van der Waals surface area contributed by atoms with E-state index in [1.165, 1.54) is 0 Å². The summed E-state index contributed by atoms with van der Waals surface area (Å²) in [6, 6.07) is 24.3. The van der Waals surface area contributed by atoms with Gasteiger partial charge in [0.1, 0.15) is 24.7 Å². The van der Waals surface area contributed by atoms with E-state index in [0.29, 0.717) is 38.9 Å². The van der Waals surface area contributed by atoms with Crippen LogP contribution in [0.2, 0.25) is 20.1 Å². The van der Waals surface area contributed by atoms with Gasteiger partial charge in [-0.05, 0) is 96.8 Å². The van der Waals surface area contributed by atoms with Gasteiger partial charge < -0.3 is 21.3 Å². The van der Waals surface area contributed by atoms with Crippen molar-refractivity contribution in [3.63, 3.8) is 0 Å². The molecule has 0 unspecified atom stereocenters. The van der Waals surface area contributed by atoms with Crippen LogP contribution in [0.5, 0.6) is 11.5 Å². The average Bonchev–Trinajstić information content (AvgIpc) is 2.93. The summed E-state index contributed by atoms with van der Waals surface area (Å²) in [5.74, 6) is 1.56. The number of benzene rings is 4. The number of nitrogens with zero attached hydrogens (tertiary/aromatic N) is 2. The molecule has 0 saturated heterocycles. The van der Waals surface area contributed by atoms with Gasteiger partial charge in [0.2, 0.25) is 0 Å². The first-order valence-corrected chi connectivity index (χ1v) is 13.6. The van der Waals surface area contributed by atoms with E-state index in [0.717, 1.165) is 38.2 Å². The molecule has 0 amide bonds. The average molecular weight is 728 g/mol. The molecule has 0 heterocycles. The van der Waals surface area contributed by atoms with Crippen molar-refractivity contribution < 1.29 is 26.5 Å². The van der Waals surface area contributed by atoms with Crippen molar-refractivity contribution in [1.29, 1.82) is 10.5 Å². The molecule has 0 aromatic heterocycles. The molecule has 0 N–H and O–H groups in total. The number of ether oxygens (including phenoxy) is 2. The van der Waals surface area contributed by atoms with E-state index in [1.54, 1.807) is 30.3 Å². The molecule has 0 atom stereocenters. The third-order valence-corrected chi connectivity index (χ3v) is 7.59. The third-order valence-electron chi connectivity index (χ3n) is 5.23. The van der Waals surface area contributed by atoms with Crippen molar-refractivity contribution in [3.05, 3.63) is 132 Å². The van der Waals surface area contributed by atoms with Gasteiger partial charge in [0.15, 0.2) is 0 Å². The van der Waals surface area contributed by atoms with Gasteiger partial charge in [0.25, 0.3) is 0 Å². The van der Waals surface area contributed by atoms with Gasteiger partial charge in [0, 0.05) is 4.47 Å². The molecule has 0 radical (unpaired) electrons. The monoisotopic (exact) mass is 724 g/mol. The molecular formula is C30H22BrCl4CuN2O2. The van der Waals surface area contributed by atoms with Gasteiger partial charge in [-0.3, -0.25) is 0 Å². The molecule has 4 aromatic carbocycles. The molecule has 0 bridgehead atoms. The molecule has 4 aromatic rings. The Kier molecular flexibility index (Phi) is 16.2. The molecule has 4 rings (SSSR count). The smallest absolute Gasteiger partial charge is 0.512 e. The number of rotatable bonds is 6. The Morgan fingerprint density at radius 3 is 1.52 bits per heavy atom. The predicted molar refractivity (Wildman–Crippen MR) is 161 cm³/mol. The van der Waals surface area contributed by atoms with Crippen LogP contribution in [0, 0.1) is 37.0 Å². The maximum Gasteiger partial charge on any atom is 1.00 e. The minimum Gasteiger partial charge on any atom is -0.512 e. The predicted octanol–water partition coefficient (Wildman–Crippen LogP) is 10.5. The number of aryl methyl sites for hydroxylation is 2. The summed E-state index contributed by atoms with van der Waals surface area (Å²) in [7, 11) is 0. The van der Waals surface area contributed by atoms with E-state index < -0.39 is 0 Å². The van der Waals surface area contributed by atoms with Crippen LogP contribution in [0.3, 0.4) is 0 Å². The molecule has 210 valence electrons. The normalized spacial score (nSPS) is 9.50. The van der Waals surface area contributed by atoms with E-state index in [9.17, 15) is 0 Å². The number of hydrogen-bond donors (Lipinski definition) is 0. The van der Waals surface area contributed by atoms with E-state index in [1.807, 2.05) is 56.3 Å². The van der Waals surface area contributed by atoms with E-state index in [2.05, 4.69) is 22.0 Å². The first-order chi connectivity index (χ1) is 18.7. The summed E-state index contributed by atoms with van der Waals surface area (Å²) in [5, 5.41) is 17.2. The number of halogens is 5. The fraction of sp³-hybridized carbons (Fsp3) is 0.133. The second-order valence-electron chi connectivity index (χ2n) is 8.07. The van der Waals surface area contributed by atoms with Crippen LogP contribution in [0.15, 0.2) is 77.3 Å². The zero-order chi connectivity index (χ0) is 28.9. The van der Waals surface area contributed by atoms with Crippen molar-refractivity contribution in [1.82, 2.24) is 0 Å². The molecule has 0 fully saturated rings. The Morgan fingerprint density at radius 2 is 1.12 bits per heavy atom. The molecule has 0 spiro atoms. The van der Waals surface area contributed by atoms with Crippen LogP contribution in [0.25, 0.3) is 0 Å². The topological polar surface area (TPSA) is 66.0 Å². The van der Waals surface area contributed by atoms with Crippen molar-refractivity contribution in [3.8, 4) is 17.6 Å². The molecular weight excluding hydrogens is 706 g/mol. The third kappa shape index (κ3) is 11.2. The first-order valence-electron chi connectivity index (χ1n) is 11.3. The summed E-state index contributed by atoms with van der Waals surface area (Å²) in [6.07, 6.45) is 0. The van der Waals surface area contributed by atoms with Gasteiger partial charge >= 0.3 is 17.1 Å². The summed E-state index contributed by atoms with van der Waals surface area (Å²) >= 11 is 27.0. The maximum absolute atomic E-state index is 8.86. The zero-order valence-corrected chi connectivity index (χ0v) is 26.8. The van der Waals surface area contributed by atoms with Gasteiger partial charge in [-0.25, -0.2) is 0 Å². The van der Waals surface area contributed by atoms with E-state index in [-0.39, 0.29) is 17.1 Å². The molecule has 0 aliphatic carbocycles. The Labute approximate surface area is 273 Å². The van der Waals surface area contributed by atoms with Gasteiger partial charge in [-0.1, -0.05) is 74.5 Å². The molecule has 0 aliphatic heterocycles. The Hall–Kier alpha value is -2.38. The second-order valence-corrected chi connectivity index (χ2v) is 10.6. The first kappa shape index (κ1) is 35.6. The SMILES string of the molecule is Cc1cc(OCc2ccc(Cl)c(Cl)c2)ccc1Br.Cc1cc(OCc2ccc(Cl)c(Cl)c2)ccc1C#N.[C-]#N.[Cu+]. The molecule has 40 heavy (non-hydrogen) atoms. The Morgan fingerprint density at radius 1 is 0.675 bits per heavy atom. The maximum atomic E-state index is 8.86. The summed E-state index contributed by atoms with van der Waals surface area (Å²) < 4.78 is 12.4. The quantitative estimate of drug-likeness (QED) is 0.147. The molecule has 0 aliphatic rings. The van der Waals surface area contributed by atoms with Gasteiger partial charge in [-0.2, -0.15) is 5.26 Å². The van der Waals surface area contributed by atoms with Crippen LogP contribution >= 0.6 is 62.3 Å². The van der Waals surface area contributed by atoms with Crippen molar-refractivity contribution in [2.45, 2.75) is 27.1 Å². The minimum absolute atomic E-state index is 0. The van der Waals surface area contributed by atoms with Crippen LogP contribution < -0.4 is 9.47 Å². The van der Waals surface area contributed by atoms with Crippen molar-refractivity contribution in [2.24, 2.45) is 0 Å². The summed E-state index contributed by atoms with van der Waals surface area (Å²) in [5.41, 5.74) is 4.62. The summed E-state index contributed by atoms with van der Waals surface area (Å²) in [4.78, 5) is 0. The Balaban J connectivity index is 0.000000368. The standard InChI is InChI=1S/C15H11Cl2NO.C14H11BrCl2O.CN.Cu/c1-10-6-13(4-3-12(10)8-18)19-9-11-2-5-14(16)15(17)7-11;1-9-6-11(3-4-12(9)15)18-8-10-2-5-13(16)14(17)7-10;1-2;/h2-7H,9H2,1H3;2-7H,8H2,1H3;;/q;;-1;+1. The largest absolute Gasteiger partial charge is 1.00 e. The van der Waals surface area contributed by atoms with E-state index in [4.69, 9.17) is 73.0 Å². The van der Waals surface area contributed by atoms with Crippen molar-refractivity contribution in [2.75, 3.05) is 0 Å². The second kappa shape index (κ2) is 18.1. The van der Waals surface area contributed by atoms with Crippen LogP contribution in [-0.2, 0) is 30.3 Å². The molecule has 4 nitrogen and oxygen atoms in total. The fourth-order valence-corrected chi connectivity index (χ4v) is 4.04. The molecule has 0 saturated carbocycles. The number of nitriles is 1. The van der Waals surface area contributed by atoms with Crippen molar-refractivity contribution >= 4 is 62.3 Å². The zero-order valence-electron chi connectivity index (χ0n) is 21.2. The van der Waals surface area contributed by atoms with E-state index >= 15 is 0 Å². The van der Waals surface area contributed by atoms with Gasteiger partial charge in [0.05, 0.1) is 31.7 Å².